The molecule has 4 nitrogen and oxygen atoms in total. The molecule has 0 spiro atoms. The minimum absolute atomic E-state index is 0.0489. The Bertz CT molecular complexity index is 161. The van der Waals surface area contributed by atoms with Crippen LogP contribution in [0.2, 0.25) is 0 Å². The molecule has 2 heterocycles. The Morgan fingerprint density at radius 1 is 1.36 bits per heavy atom. The van der Waals surface area contributed by atoms with E-state index in [-0.39, 0.29) is 24.9 Å². The molecule has 0 aromatic rings. The van der Waals surface area contributed by atoms with Gasteiger partial charge in [0.2, 0.25) is 0 Å². The Labute approximate surface area is 64.7 Å². The maximum Gasteiger partial charge on any atom is 0.185 e. The molecule has 0 unspecified atom stereocenters. The molecule has 4 heteroatoms. The number of aliphatic hydroxyl groups excluding tert-OH is 2. The van der Waals surface area contributed by atoms with E-state index in [1.165, 1.54) is 0 Å². The number of fused-ring (bicyclic) bond motifs is 1. The first-order valence-electron chi connectivity index (χ1n) is 3.84. The van der Waals surface area contributed by atoms with E-state index in [4.69, 9.17) is 14.6 Å². The molecular formula is C7H12O4. The molecular weight excluding hydrogens is 148 g/mol. The van der Waals surface area contributed by atoms with Gasteiger partial charge in [-0.15, -0.1) is 0 Å². The smallest absolute Gasteiger partial charge is 0.185 e. The van der Waals surface area contributed by atoms with Crippen LogP contribution in [0.3, 0.4) is 0 Å². The lowest BCUT2D eigenvalue weighted by atomic mass is 9.94. The fourth-order valence-electron chi connectivity index (χ4n) is 1.53. The van der Waals surface area contributed by atoms with Crippen molar-refractivity contribution in [2.45, 2.75) is 31.5 Å². The zero-order chi connectivity index (χ0) is 8.01. The number of hydrogen-bond donors (Lipinski definition) is 2. The van der Waals surface area contributed by atoms with Crippen molar-refractivity contribution >= 4 is 0 Å². The summed E-state index contributed by atoms with van der Waals surface area (Å²) in [4.78, 5) is 0. The third-order valence-corrected chi connectivity index (χ3v) is 2.41. The Morgan fingerprint density at radius 2 is 2.09 bits per heavy atom. The second kappa shape index (κ2) is 2.42. The average Bonchev–Trinajstić information content (AvgIpc) is 2.75. The Hall–Kier alpha value is -0.160. The summed E-state index contributed by atoms with van der Waals surface area (Å²) in [6, 6.07) is 0. The van der Waals surface area contributed by atoms with Gasteiger partial charge in [-0.3, -0.25) is 0 Å². The second-order valence-electron chi connectivity index (χ2n) is 3.18. The molecule has 0 radical (unpaired) electrons. The van der Waals surface area contributed by atoms with Crippen molar-refractivity contribution in [1.82, 2.24) is 0 Å². The van der Waals surface area contributed by atoms with Gasteiger partial charge in [-0.05, 0) is 0 Å². The van der Waals surface area contributed by atoms with E-state index in [2.05, 4.69) is 0 Å². The number of aliphatic hydroxyl groups is 2. The van der Waals surface area contributed by atoms with Crippen LogP contribution in [0.5, 0.6) is 0 Å². The van der Waals surface area contributed by atoms with Gasteiger partial charge in [0.1, 0.15) is 12.2 Å². The van der Waals surface area contributed by atoms with Crippen LogP contribution in [-0.2, 0) is 9.47 Å². The minimum Gasteiger partial charge on any atom is -0.394 e. The molecule has 0 bridgehead atoms. The van der Waals surface area contributed by atoms with Gasteiger partial charge in [0.05, 0.1) is 12.7 Å². The topological polar surface area (TPSA) is 62.2 Å². The van der Waals surface area contributed by atoms with Gasteiger partial charge < -0.3 is 19.7 Å². The number of rotatable bonds is 1. The Kier molecular flexibility index (Phi) is 1.64. The van der Waals surface area contributed by atoms with Gasteiger partial charge in [-0.2, -0.15) is 0 Å². The highest BCUT2D eigenvalue weighted by Gasteiger charge is 2.54. The lowest BCUT2D eigenvalue weighted by molar-refractivity contribution is -0.122. The fourth-order valence-corrected chi connectivity index (χ4v) is 1.53. The van der Waals surface area contributed by atoms with Crippen molar-refractivity contribution < 1.29 is 19.7 Å². The van der Waals surface area contributed by atoms with E-state index < -0.39 is 12.2 Å². The van der Waals surface area contributed by atoms with E-state index in [0.717, 1.165) is 0 Å². The Morgan fingerprint density at radius 3 is 2.73 bits per heavy atom. The summed E-state index contributed by atoms with van der Waals surface area (Å²) in [6.07, 6.45) is -1.18. The molecule has 0 saturated carbocycles. The predicted molar refractivity (Wildman–Crippen MR) is 35.8 cm³/mol. The molecule has 2 aliphatic rings. The average molecular weight is 160 g/mol. The van der Waals surface area contributed by atoms with Crippen LogP contribution in [-0.4, -0.2) is 41.4 Å². The van der Waals surface area contributed by atoms with Crippen LogP contribution in [0, 0.1) is 5.92 Å². The molecule has 0 aliphatic carbocycles. The summed E-state index contributed by atoms with van der Waals surface area (Å²) in [5.41, 5.74) is 0. The molecule has 0 aromatic carbocycles. The first-order chi connectivity index (χ1) is 5.24. The van der Waals surface area contributed by atoms with Crippen molar-refractivity contribution in [2.24, 2.45) is 5.92 Å². The number of epoxide rings is 1. The second-order valence-corrected chi connectivity index (χ2v) is 3.18. The van der Waals surface area contributed by atoms with Gasteiger partial charge in [0.15, 0.2) is 6.29 Å². The van der Waals surface area contributed by atoms with Gasteiger partial charge in [-0.1, -0.05) is 6.92 Å². The van der Waals surface area contributed by atoms with Gasteiger partial charge in [-0.25, -0.2) is 0 Å². The van der Waals surface area contributed by atoms with Crippen LogP contribution in [0.4, 0.5) is 0 Å². The standard InChI is InChI=1S/C7H12O4/c1-3-5(9)4(2-8)10-7-6(3)11-7/h3-9H,2H2,1H3/t3-,4+,5-,6+,7+/m0/s1. The van der Waals surface area contributed by atoms with Crippen molar-refractivity contribution in [3.8, 4) is 0 Å². The monoisotopic (exact) mass is 160 g/mol. The highest BCUT2D eigenvalue weighted by Crippen LogP contribution is 2.39. The molecule has 2 N–H and O–H groups in total. The largest absolute Gasteiger partial charge is 0.394 e. The zero-order valence-corrected chi connectivity index (χ0v) is 6.30. The van der Waals surface area contributed by atoms with E-state index in [1.807, 2.05) is 6.92 Å². The van der Waals surface area contributed by atoms with E-state index in [0.29, 0.717) is 0 Å². The van der Waals surface area contributed by atoms with Crippen LogP contribution >= 0.6 is 0 Å². The molecule has 64 valence electrons. The summed E-state index contributed by atoms with van der Waals surface area (Å²) in [6.45, 7) is 1.76. The van der Waals surface area contributed by atoms with E-state index in [9.17, 15) is 5.11 Å². The third-order valence-electron chi connectivity index (χ3n) is 2.41. The van der Waals surface area contributed by atoms with Crippen molar-refractivity contribution in [3.05, 3.63) is 0 Å². The number of hydrogen-bond acceptors (Lipinski definition) is 4. The molecule has 11 heavy (non-hydrogen) atoms. The van der Waals surface area contributed by atoms with E-state index >= 15 is 0 Å². The summed E-state index contributed by atoms with van der Waals surface area (Å²) in [5, 5.41) is 18.2. The summed E-state index contributed by atoms with van der Waals surface area (Å²) >= 11 is 0. The van der Waals surface area contributed by atoms with Crippen LogP contribution in [0.1, 0.15) is 6.92 Å². The normalized spacial score (nSPS) is 55.4. The molecule has 2 saturated heterocycles. The zero-order valence-electron chi connectivity index (χ0n) is 6.30. The molecule has 2 rings (SSSR count). The van der Waals surface area contributed by atoms with Crippen LogP contribution in [0.15, 0.2) is 0 Å². The van der Waals surface area contributed by atoms with Gasteiger partial charge >= 0.3 is 0 Å². The highest BCUT2D eigenvalue weighted by molar-refractivity contribution is 4.94. The maximum atomic E-state index is 9.47. The summed E-state index contributed by atoms with van der Waals surface area (Å²) in [7, 11) is 0. The Balaban J connectivity index is 2.03. The lowest BCUT2D eigenvalue weighted by Gasteiger charge is -2.28. The SMILES string of the molecule is C[C@H]1[C@H](O)[C@@H](CO)O[C@@H]2O[C@@H]21. The fraction of sp³-hybridized carbons (Fsp3) is 1.00. The lowest BCUT2D eigenvalue weighted by Crippen LogP contribution is -2.44. The van der Waals surface area contributed by atoms with Crippen LogP contribution in [0.25, 0.3) is 0 Å². The number of ether oxygens (including phenoxy) is 2. The quantitative estimate of drug-likeness (QED) is 0.488. The highest BCUT2D eigenvalue weighted by atomic mass is 16.8. The van der Waals surface area contributed by atoms with Crippen molar-refractivity contribution in [2.75, 3.05) is 6.61 Å². The molecule has 5 atom stereocenters. The third kappa shape index (κ3) is 1.06. The predicted octanol–water partition coefficient (Wildman–Crippen LogP) is -0.901. The van der Waals surface area contributed by atoms with Crippen LogP contribution < -0.4 is 0 Å². The van der Waals surface area contributed by atoms with Gasteiger partial charge in [0.25, 0.3) is 0 Å². The van der Waals surface area contributed by atoms with Crippen molar-refractivity contribution in [3.63, 3.8) is 0 Å². The molecule has 2 aliphatic heterocycles. The summed E-state index contributed by atoms with van der Waals surface area (Å²) in [5.74, 6) is 0.0749. The maximum absolute atomic E-state index is 9.47. The van der Waals surface area contributed by atoms with E-state index in [1.54, 1.807) is 0 Å². The van der Waals surface area contributed by atoms with Crippen molar-refractivity contribution in [1.29, 1.82) is 0 Å². The van der Waals surface area contributed by atoms with Gasteiger partial charge in [0, 0.05) is 5.92 Å². The molecule has 2 fully saturated rings. The minimum atomic E-state index is -0.594. The summed E-state index contributed by atoms with van der Waals surface area (Å²) < 4.78 is 10.3. The first kappa shape index (κ1) is 7.49. The molecule has 0 amide bonds. The molecule has 0 aromatic heterocycles. The first-order valence-corrected chi connectivity index (χ1v) is 3.84.